The molecule has 1 aliphatic rings. The lowest BCUT2D eigenvalue weighted by molar-refractivity contribution is 0.0836. The van der Waals surface area contributed by atoms with E-state index in [1.165, 1.54) is 22.5 Å². The molecule has 26 heavy (non-hydrogen) atoms. The van der Waals surface area contributed by atoms with Gasteiger partial charge in [-0.2, -0.15) is 9.61 Å². The summed E-state index contributed by atoms with van der Waals surface area (Å²) in [5.74, 6) is 2.12. The van der Waals surface area contributed by atoms with Crippen LogP contribution in [0.2, 0.25) is 0 Å². The van der Waals surface area contributed by atoms with Crippen molar-refractivity contribution in [2.45, 2.75) is 20.0 Å². The van der Waals surface area contributed by atoms with E-state index in [-0.39, 0.29) is 6.10 Å². The largest absolute Gasteiger partial charge is 0.485 e. The molecule has 7 heteroatoms. The van der Waals surface area contributed by atoms with Gasteiger partial charge in [-0.15, -0.1) is 10.2 Å². The van der Waals surface area contributed by atoms with Gasteiger partial charge in [0, 0.05) is 5.56 Å². The third-order valence-corrected chi connectivity index (χ3v) is 5.51. The number of nitrogens with zero attached hydrogens (tertiary/aromatic N) is 4. The van der Waals surface area contributed by atoms with Gasteiger partial charge in [0.2, 0.25) is 4.96 Å². The Hall–Kier alpha value is -2.93. The molecule has 4 aromatic rings. The Bertz CT molecular complexity index is 1120. The van der Waals surface area contributed by atoms with Crippen LogP contribution in [0.25, 0.3) is 15.5 Å². The molecule has 0 N–H and O–H groups in total. The van der Waals surface area contributed by atoms with Crippen LogP contribution in [0.5, 0.6) is 11.5 Å². The molecule has 5 rings (SSSR count). The maximum Gasteiger partial charge on any atom is 0.235 e. The minimum absolute atomic E-state index is 0.338. The van der Waals surface area contributed by atoms with E-state index in [1.54, 1.807) is 4.52 Å². The van der Waals surface area contributed by atoms with Gasteiger partial charge in [0.25, 0.3) is 0 Å². The van der Waals surface area contributed by atoms with Gasteiger partial charge in [-0.25, -0.2) is 0 Å². The van der Waals surface area contributed by atoms with Crippen LogP contribution >= 0.6 is 11.3 Å². The first-order valence-electron chi connectivity index (χ1n) is 8.37. The van der Waals surface area contributed by atoms with Gasteiger partial charge in [-0.05, 0) is 43.2 Å². The maximum absolute atomic E-state index is 6.05. The van der Waals surface area contributed by atoms with E-state index >= 15 is 0 Å². The lowest BCUT2D eigenvalue weighted by atomic mass is 10.1. The molecule has 2 aromatic heterocycles. The monoisotopic (exact) mass is 364 g/mol. The zero-order valence-electron chi connectivity index (χ0n) is 14.3. The van der Waals surface area contributed by atoms with Crippen molar-refractivity contribution in [1.82, 2.24) is 19.8 Å². The molecule has 130 valence electrons. The number of rotatable bonds is 2. The molecular formula is C19H16N4O2S. The lowest BCUT2D eigenvalue weighted by Crippen LogP contribution is -2.23. The van der Waals surface area contributed by atoms with Crippen LogP contribution in [0.15, 0.2) is 42.5 Å². The number of benzene rings is 2. The lowest BCUT2D eigenvalue weighted by Gasteiger charge is -2.24. The highest BCUT2D eigenvalue weighted by Crippen LogP contribution is 2.36. The van der Waals surface area contributed by atoms with E-state index in [1.807, 2.05) is 24.3 Å². The first kappa shape index (κ1) is 15.3. The quantitative estimate of drug-likeness (QED) is 0.538. The van der Waals surface area contributed by atoms with Gasteiger partial charge in [-0.1, -0.05) is 35.6 Å². The van der Waals surface area contributed by atoms with Gasteiger partial charge in [0.15, 0.2) is 23.4 Å². The average molecular weight is 364 g/mol. The predicted molar refractivity (Wildman–Crippen MR) is 98.9 cm³/mol. The van der Waals surface area contributed by atoms with Crippen molar-refractivity contribution in [3.63, 3.8) is 0 Å². The van der Waals surface area contributed by atoms with Crippen molar-refractivity contribution in [2.24, 2.45) is 0 Å². The summed E-state index contributed by atoms with van der Waals surface area (Å²) in [6.45, 7) is 4.59. The summed E-state index contributed by atoms with van der Waals surface area (Å²) in [5, 5.41) is 14.2. The summed E-state index contributed by atoms with van der Waals surface area (Å²) in [5.41, 5.74) is 3.60. The number of hydrogen-bond donors (Lipinski definition) is 0. The minimum Gasteiger partial charge on any atom is -0.485 e. The molecule has 0 saturated heterocycles. The molecule has 3 heterocycles. The SMILES string of the molecule is Cc1ccc(-c2nn3c(C4COc5ccccc5O4)nnc3s2)cc1C. The normalized spacial score (nSPS) is 16.2. The number of hydrogen-bond acceptors (Lipinski definition) is 6. The van der Waals surface area contributed by atoms with E-state index in [0.717, 1.165) is 21.3 Å². The minimum atomic E-state index is -0.338. The van der Waals surface area contributed by atoms with Crippen molar-refractivity contribution in [3.05, 3.63) is 59.4 Å². The Morgan fingerprint density at radius 1 is 1.04 bits per heavy atom. The second-order valence-corrected chi connectivity index (χ2v) is 7.28. The van der Waals surface area contributed by atoms with Gasteiger partial charge < -0.3 is 9.47 Å². The molecule has 1 aliphatic heterocycles. The van der Waals surface area contributed by atoms with Crippen molar-refractivity contribution in [2.75, 3.05) is 6.61 Å². The zero-order chi connectivity index (χ0) is 17.7. The number of fused-ring (bicyclic) bond motifs is 2. The van der Waals surface area contributed by atoms with E-state index in [2.05, 4.69) is 42.2 Å². The zero-order valence-corrected chi connectivity index (χ0v) is 15.2. The number of ether oxygens (including phenoxy) is 2. The molecule has 1 atom stereocenters. The molecule has 0 aliphatic carbocycles. The van der Waals surface area contributed by atoms with Crippen LogP contribution in [0.3, 0.4) is 0 Å². The van der Waals surface area contributed by atoms with Crippen molar-refractivity contribution in [3.8, 4) is 22.1 Å². The summed E-state index contributed by atoms with van der Waals surface area (Å²) < 4.78 is 13.6. The fourth-order valence-corrected chi connectivity index (χ4v) is 3.81. The highest BCUT2D eigenvalue weighted by Gasteiger charge is 2.28. The smallest absolute Gasteiger partial charge is 0.235 e. The van der Waals surface area contributed by atoms with Crippen LogP contribution < -0.4 is 9.47 Å². The van der Waals surface area contributed by atoms with Crippen molar-refractivity contribution in [1.29, 1.82) is 0 Å². The summed E-state index contributed by atoms with van der Waals surface area (Å²) in [6.07, 6.45) is -0.338. The van der Waals surface area contributed by atoms with Gasteiger partial charge in [0.05, 0.1) is 0 Å². The third kappa shape index (κ3) is 2.43. The number of aryl methyl sites for hydroxylation is 2. The van der Waals surface area contributed by atoms with Gasteiger partial charge in [0.1, 0.15) is 11.6 Å². The maximum atomic E-state index is 6.05. The van der Waals surface area contributed by atoms with Crippen LogP contribution in [-0.4, -0.2) is 26.4 Å². The molecule has 0 bridgehead atoms. The van der Waals surface area contributed by atoms with Crippen LogP contribution in [0.4, 0.5) is 0 Å². The second-order valence-electron chi connectivity index (χ2n) is 6.32. The fraction of sp³-hybridized carbons (Fsp3) is 0.211. The number of aromatic nitrogens is 4. The number of para-hydroxylation sites is 2. The van der Waals surface area contributed by atoms with Crippen LogP contribution in [0, 0.1) is 13.8 Å². The summed E-state index contributed by atoms with van der Waals surface area (Å²) >= 11 is 1.52. The van der Waals surface area contributed by atoms with E-state index in [0.29, 0.717) is 18.2 Å². The van der Waals surface area contributed by atoms with E-state index in [4.69, 9.17) is 14.6 Å². The third-order valence-electron chi connectivity index (χ3n) is 4.57. The Balaban J connectivity index is 1.52. The first-order valence-corrected chi connectivity index (χ1v) is 9.19. The van der Waals surface area contributed by atoms with Gasteiger partial charge in [-0.3, -0.25) is 0 Å². The topological polar surface area (TPSA) is 61.5 Å². The second kappa shape index (κ2) is 5.81. The molecule has 0 fully saturated rings. The van der Waals surface area contributed by atoms with Crippen molar-refractivity contribution >= 4 is 16.3 Å². The molecule has 0 radical (unpaired) electrons. The summed E-state index contributed by atoms with van der Waals surface area (Å²) in [7, 11) is 0. The molecule has 1 unspecified atom stereocenters. The Morgan fingerprint density at radius 2 is 1.88 bits per heavy atom. The Morgan fingerprint density at radius 3 is 2.73 bits per heavy atom. The molecule has 0 saturated carbocycles. The summed E-state index contributed by atoms with van der Waals surface area (Å²) in [4.78, 5) is 0.746. The first-order chi connectivity index (χ1) is 12.7. The molecular weight excluding hydrogens is 348 g/mol. The van der Waals surface area contributed by atoms with E-state index < -0.39 is 0 Å². The van der Waals surface area contributed by atoms with Gasteiger partial charge >= 0.3 is 0 Å². The standard InChI is InChI=1S/C19H16N4O2S/c1-11-7-8-13(9-12(11)2)18-22-23-17(20-21-19(23)26-18)16-10-24-14-5-3-4-6-15(14)25-16/h3-9,16H,10H2,1-2H3. The Kier molecular flexibility index (Phi) is 3.43. The fourth-order valence-electron chi connectivity index (χ4n) is 2.97. The predicted octanol–water partition coefficient (Wildman–Crippen LogP) is 3.98. The average Bonchev–Trinajstić information content (AvgIpc) is 3.24. The highest BCUT2D eigenvalue weighted by atomic mass is 32.1. The molecule has 2 aromatic carbocycles. The molecule has 6 nitrogen and oxygen atoms in total. The molecule has 0 amide bonds. The Labute approximate surface area is 154 Å². The summed E-state index contributed by atoms with van der Waals surface area (Å²) in [6, 6.07) is 14.0. The highest BCUT2D eigenvalue weighted by molar-refractivity contribution is 7.19. The molecule has 0 spiro atoms. The van der Waals surface area contributed by atoms with Crippen LogP contribution in [0.1, 0.15) is 23.1 Å². The van der Waals surface area contributed by atoms with Crippen molar-refractivity contribution < 1.29 is 9.47 Å². The van der Waals surface area contributed by atoms with Crippen LogP contribution in [-0.2, 0) is 0 Å². The van der Waals surface area contributed by atoms with E-state index in [9.17, 15) is 0 Å².